The van der Waals surface area contributed by atoms with Crippen molar-refractivity contribution in [2.24, 2.45) is 5.92 Å². The van der Waals surface area contributed by atoms with E-state index in [1.807, 2.05) is 0 Å². The van der Waals surface area contributed by atoms with Crippen LogP contribution in [0.25, 0.3) is 0 Å². The molecule has 0 heterocycles. The highest BCUT2D eigenvalue weighted by atomic mass is 14.9. The largest absolute Gasteiger partial charge is 0.314 e. The van der Waals surface area contributed by atoms with Crippen LogP contribution in [0.1, 0.15) is 49.3 Å². The van der Waals surface area contributed by atoms with Gasteiger partial charge in [-0.05, 0) is 74.1 Å². The van der Waals surface area contributed by atoms with Crippen molar-refractivity contribution in [3.63, 3.8) is 0 Å². The lowest BCUT2D eigenvalue weighted by molar-refractivity contribution is 0.497. The Morgan fingerprint density at radius 2 is 2.06 bits per heavy atom. The Morgan fingerprint density at radius 3 is 2.89 bits per heavy atom. The zero-order valence-electron chi connectivity index (χ0n) is 11.5. The van der Waals surface area contributed by atoms with Crippen LogP contribution in [-0.2, 0) is 19.3 Å². The van der Waals surface area contributed by atoms with Gasteiger partial charge in [0.05, 0.1) is 0 Å². The van der Waals surface area contributed by atoms with E-state index < -0.39 is 0 Å². The van der Waals surface area contributed by atoms with E-state index in [9.17, 15) is 0 Å². The number of benzene rings is 1. The van der Waals surface area contributed by atoms with Crippen molar-refractivity contribution in [1.82, 2.24) is 5.32 Å². The van der Waals surface area contributed by atoms with Gasteiger partial charge in [0.15, 0.2) is 0 Å². The van der Waals surface area contributed by atoms with Gasteiger partial charge in [0, 0.05) is 6.04 Å². The Labute approximate surface area is 111 Å². The first-order valence-electron chi connectivity index (χ1n) is 7.65. The molecule has 1 nitrogen and oxygen atoms in total. The monoisotopic (exact) mass is 243 g/mol. The number of hydrogen-bond acceptors (Lipinski definition) is 1. The summed E-state index contributed by atoms with van der Waals surface area (Å²) in [5.41, 5.74) is 4.77. The molecule has 1 aromatic carbocycles. The zero-order chi connectivity index (χ0) is 12.4. The van der Waals surface area contributed by atoms with Gasteiger partial charge in [-0.3, -0.25) is 0 Å². The first-order chi connectivity index (χ1) is 8.81. The van der Waals surface area contributed by atoms with Crippen LogP contribution in [0.5, 0.6) is 0 Å². The molecule has 0 aromatic heterocycles. The molecule has 1 atom stereocenters. The first kappa shape index (κ1) is 12.2. The number of hydrogen-bond donors (Lipinski definition) is 1. The third-order valence-corrected chi connectivity index (χ3v) is 4.39. The lowest BCUT2D eigenvalue weighted by Crippen LogP contribution is -2.20. The molecule has 0 radical (unpaired) electrons. The van der Waals surface area contributed by atoms with E-state index in [0.717, 1.165) is 12.0 Å². The van der Waals surface area contributed by atoms with E-state index in [4.69, 9.17) is 0 Å². The summed E-state index contributed by atoms with van der Waals surface area (Å²) >= 11 is 0. The summed E-state index contributed by atoms with van der Waals surface area (Å²) in [5.74, 6) is 0.802. The quantitative estimate of drug-likeness (QED) is 0.806. The summed E-state index contributed by atoms with van der Waals surface area (Å²) < 4.78 is 0. The van der Waals surface area contributed by atoms with Crippen molar-refractivity contribution in [2.75, 3.05) is 6.54 Å². The predicted molar refractivity (Wildman–Crippen MR) is 77.0 cm³/mol. The molecule has 2 aliphatic carbocycles. The van der Waals surface area contributed by atoms with Gasteiger partial charge in [-0.2, -0.15) is 0 Å². The number of rotatable bonds is 6. The lowest BCUT2D eigenvalue weighted by atomic mass is 9.96. The Kier molecular flexibility index (Phi) is 3.69. The number of aryl methyl sites for hydroxylation is 2. The van der Waals surface area contributed by atoms with Gasteiger partial charge in [-0.25, -0.2) is 0 Å². The van der Waals surface area contributed by atoms with Crippen molar-refractivity contribution < 1.29 is 0 Å². The minimum absolute atomic E-state index is 0.802. The Morgan fingerprint density at radius 1 is 1.22 bits per heavy atom. The fourth-order valence-corrected chi connectivity index (χ4v) is 3.08. The third kappa shape index (κ3) is 3.14. The van der Waals surface area contributed by atoms with E-state index in [1.165, 1.54) is 51.5 Å². The van der Waals surface area contributed by atoms with E-state index >= 15 is 0 Å². The Hall–Kier alpha value is -0.820. The van der Waals surface area contributed by atoms with Gasteiger partial charge in [-0.1, -0.05) is 25.1 Å². The fraction of sp³-hybridized carbons (Fsp3) is 0.647. The van der Waals surface area contributed by atoms with Crippen molar-refractivity contribution in [1.29, 1.82) is 0 Å². The number of fused-ring (bicyclic) bond motifs is 1. The van der Waals surface area contributed by atoms with Crippen LogP contribution in [0, 0.1) is 5.92 Å². The van der Waals surface area contributed by atoms with Gasteiger partial charge in [-0.15, -0.1) is 0 Å². The molecule has 18 heavy (non-hydrogen) atoms. The molecular formula is C17H25N. The van der Waals surface area contributed by atoms with Crippen molar-refractivity contribution in [3.05, 3.63) is 34.9 Å². The summed E-state index contributed by atoms with van der Waals surface area (Å²) in [5, 5.41) is 3.61. The van der Waals surface area contributed by atoms with Crippen LogP contribution >= 0.6 is 0 Å². The third-order valence-electron chi connectivity index (χ3n) is 4.39. The summed E-state index contributed by atoms with van der Waals surface area (Å²) in [4.78, 5) is 0. The second-order valence-corrected chi connectivity index (χ2v) is 6.28. The van der Waals surface area contributed by atoms with Gasteiger partial charge in [0.1, 0.15) is 0 Å². The molecule has 1 N–H and O–H groups in total. The summed E-state index contributed by atoms with van der Waals surface area (Å²) in [6.07, 6.45) is 9.34. The van der Waals surface area contributed by atoms with Crippen molar-refractivity contribution in [2.45, 2.75) is 57.9 Å². The van der Waals surface area contributed by atoms with Crippen LogP contribution in [0.4, 0.5) is 0 Å². The molecule has 0 amide bonds. The average molecular weight is 243 g/mol. The summed E-state index contributed by atoms with van der Waals surface area (Å²) in [6, 6.07) is 8.05. The molecule has 1 aromatic rings. The summed E-state index contributed by atoms with van der Waals surface area (Å²) in [7, 11) is 0. The maximum absolute atomic E-state index is 3.61. The molecule has 1 heteroatoms. The first-order valence-corrected chi connectivity index (χ1v) is 7.65. The molecule has 0 bridgehead atoms. The smallest absolute Gasteiger partial charge is 0.00682 e. The predicted octanol–water partition coefficient (Wildman–Crippen LogP) is 3.50. The van der Waals surface area contributed by atoms with Crippen molar-refractivity contribution >= 4 is 0 Å². The topological polar surface area (TPSA) is 12.0 Å². The molecule has 98 valence electrons. The van der Waals surface area contributed by atoms with Crippen LogP contribution in [0.15, 0.2) is 18.2 Å². The lowest BCUT2D eigenvalue weighted by Gasteiger charge is -2.13. The highest BCUT2D eigenvalue weighted by Crippen LogP contribution is 2.24. The minimum atomic E-state index is 0.802. The van der Waals surface area contributed by atoms with Crippen LogP contribution < -0.4 is 5.32 Å². The molecule has 3 rings (SSSR count). The normalized spacial score (nSPS) is 19.8. The van der Waals surface area contributed by atoms with E-state index in [1.54, 1.807) is 16.7 Å². The molecule has 0 aliphatic heterocycles. The van der Waals surface area contributed by atoms with E-state index in [2.05, 4.69) is 30.4 Å². The molecule has 1 fully saturated rings. The van der Waals surface area contributed by atoms with E-state index in [-0.39, 0.29) is 0 Å². The van der Waals surface area contributed by atoms with Gasteiger partial charge < -0.3 is 5.32 Å². The Balaban J connectivity index is 1.48. The van der Waals surface area contributed by atoms with Gasteiger partial charge in [0.25, 0.3) is 0 Å². The highest BCUT2D eigenvalue weighted by Gasteiger charge is 2.20. The maximum atomic E-state index is 3.61. The zero-order valence-corrected chi connectivity index (χ0v) is 11.5. The van der Waals surface area contributed by atoms with Crippen LogP contribution in [0.3, 0.4) is 0 Å². The molecule has 2 aliphatic rings. The average Bonchev–Trinajstić information content (AvgIpc) is 3.06. The van der Waals surface area contributed by atoms with E-state index in [0.29, 0.717) is 0 Å². The molecule has 0 saturated heterocycles. The van der Waals surface area contributed by atoms with Gasteiger partial charge in [0.2, 0.25) is 0 Å². The van der Waals surface area contributed by atoms with Gasteiger partial charge >= 0.3 is 0 Å². The molecular weight excluding hydrogens is 218 g/mol. The molecule has 1 saturated carbocycles. The maximum Gasteiger partial charge on any atom is 0.00682 e. The van der Waals surface area contributed by atoms with Crippen molar-refractivity contribution in [3.8, 4) is 0 Å². The highest BCUT2D eigenvalue weighted by molar-refractivity contribution is 5.35. The second kappa shape index (κ2) is 5.44. The summed E-state index contributed by atoms with van der Waals surface area (Å²) in [6.45, 7) is 3.60. The second-order valence-electron chi connectivity index (χ2n) is 6.28. The SMILES string of the molecule is CC(CCNC1CC1)Cc1ccc2c(c1)CCC2. The minimum Gasteiger partial charge on any atom is -0.314 e. The molecule has 0 spiro atoms. The standard InChI is InChI=1S/C17H25N/c1-13(9-10-18-17-7-8-17)11-14-5-6-15-3-2-4-16(15)12-14/h5-6,12-13,17-18H,2-4,7-11H2,1H3. The van der Waals surface area contributed by atoms with Crippen LogP contribution in [0.2, 0.25) is 0 Å². The molecule has 1 unspecified atom stereocenters. The fourth-order valence-electron chi connectivity index (χ4n) is 3.08. The van der Waals surface area contributed by atoms with Crippen LogP contribution in [-0.4, -0.2) is 12.6 Å². The number of nitrogens with one attached hydrogen (secondary N) is 1. The Bertz CT molecular complexity index is 406.